The minimum absolute atomic E-state index is 0.0958. The average Bonchev–Trinajstić information content (AvgIpc) is 3.21. The molecule has 0 aliphatic rings. The SMILES string of the molecule is CCCC(C)c1cc(NS(=O)(=O)c2cc(C(=O)OC)oc2CC)n[nH]1. The van der Waals surface area contributed by atoms with Gasteiger partial charge in [0.2, 0.25) is 5.76 Å². The predicted molar refractivity (Wildman–Crippen MR) is 92.1 cm³/mol. The third kappa shape index (κ3) is 4.22. The Morgan fingerprint density at radius 3 is 2.72 bits per heavy atom. The number of nitrogens with one attached hydrogen (secondary N) is 2. The molecule has 0 aromatic carbocycles. The molecule has 0 saturated carbocycles. The molecule has 2 N–H and O–H groups in total. The Balaban J connectivity index is 2.27. The number of sulfonamides is 1. The number of nitrogens with zero attached hydrogens (tertiary/aromatic N) is 1. The van der Waals surface area contributed by atoms with Crippen LogP contribution >= 0.6 is 0 Å². The Bertz CT molecular complexity index is 838. The van der Waals surface area contributed by atoms with Crippen LogP contribution in [0, 0.1) is 0 Å². The van der Waals surface area contributed by atoms with Crippen LogP contribution in [0.25, 0.3) is 0 Å². The number of methoxy groups -OCH3 is 1. The van der Waals surface area contributed by atoms with E-state index in [9.17, 15) is 13.2 Å². The first-order valence-electron chi connectivity index (χ1n) is 8.11. The molecule has 0 spiro atoms. The highest BCUT2D eigenvalue weighted by Gasteiger charge is 2.26. The van der Waals surface area contributed by atoms with Crippen LogP contribution in [0.5, 0.6) is 0 Å². The van der Waals surface area contributed by atoms with Gasteiger partial charge in [0, 0.05) is 24.2 Å². The Hall–Kier alpha value is -2.29. The Kier molecular flexibility index (Phi) is 5.89. The summed E-state index contributed by atoms with van der Waals surface area (Å²) < 4.78 is 37.5. The van der Waals surface area contributed by atoms with Crippen molar-refractivity contribution in [1.29, 1.82) is 0 Å². The number of rotatable bonds is 8. The van der Waals surface area contributed by atoms with Gasteiger partial charge in [0.25, 0.3) is 10.0 Å². The van der Waals surface area contributed by atoms with E-state index < -0.39 is 16.0 Å². The molecular weight excluding hydrogens is 346 g/mol. The number of aromatic amines is 1. The zero-order valence-electron chi connectivity index (χ0n) is 14.8. The number of esters is 1. The highest BCUT2D eigenvalue weighted by molar-refractivity contribution is 7.92. The number of carbonyl (C=O) groups is 1. The molecule has 1 unspecified atom stereocenters. The fourth-order valence-electron chi connectivity index (χ4n) is 2.51. The van der Waals surface area contributed by atoms with Crippen LogP contribution in [-0.2, 0) is 21.2 Å². The van der Waals surface area contributed by atoms with Gasteiger partial charge in [-0.1, -0.05) is 27.2 Å². The number of hydrogen-bond donors (Lipinski definition) is 2. The normalized spacial score (nSPS) is 12.8. The monoisotopic (exact) mass is 369 g/mol. The molecule has 0 bridgehead atoms. The van der Waals surface area contributed by atoms with Gasteiger partial charge in [-0.05, 0) is 12.3 Å². The summed E-state index contributed by atoms with van der Waals surface area (Å²) in [6, 6.07) is 2.84. The highest BCUT2D eigenvalue weighted by atomic mass is 32.2. The van der Waals surface area contributed by atoms with Crippen molar-refractivity contribution in [3.8, 4) is 0 Å². The topological polar surface area (TPSA) is 114 Å². The van der Waals surface area contributed by atoms with Gasteiger partial charge in [0.05, 0.1) is 7.11 Å². The van der Waals surface area contributed by atoms with E-state index >= 15 is 0 Å². The average molecular weight is 369 g/mol. The number of hydrogen-bond acceptors (Lipinski definition) is 6. The van der Waals surface area contributed by atoms with Crippen molar-refractivity contribution < 1.29 is 22.4 Å². The molecule has 2 heterocycles. The molecule has 1 atom stereocenters. The number of furan rings is 1. The van der Waals surface area contributed by atoms with Gasteiger partial charge >= 0.3 is 5.97 Å². The van der Waals surface area contributed by atoms with E-state index in [1.165, 1.54) is 13.2 Å². The number of ether oxygens (including phenoxy) is 1. The van der Waals surface area contributed by atoms with E-state index in [0.29, 0.717) is 6.42 Å². The van der Waals surface area contributed by atoms with Gasteiger partial charge in [-0.3, -0.25) is 9.82 Å². The van der Waals surface area contributed by atoms with Crippen molar-refractivity contribution in [3.05, 3.63) is 29.3 Å². The Morgan fingerprint density at radius 2 is 2.12 bits per heavy atom. The molecule has 138 valence electrons. The summed E-state index contributed by atoms with van der Waals surface area (Å²) >= 11 is 0. The standard InChI is InChI=1S/C16H23N3O5S/c1-5-7-10(3)11-8-15(18-17-11)19-25(21,22)14-9-13(16(20)23-4)24-12(14)6-2/h8-10H,5-7H2,1-4H3,(H2,17,18,19). The third-order valence-electron chi connectivity index (χ3n) is 3.86. The van der Waals surface area contributed by atoms with Crippen molar-refractivity contribution >= 4 is 21.8 Å². The molecule has 2 aromatic rings. The Labute approximate surface area is 147 Å². The maximum Gasteiger partial charge on any atom is 0.373 e. The lowest BCUT2D eigenvalue weighted by atomic mass is 10.0. The van der Waals surface area contributed by atoms with Crippen molar-refractivity contribution in [2.75, 3.05) is 11.8 Å². The van der Waals surface area contributed by atoms with Crippen molar-refractivity contribution in [3.63, 3.8) is 0 Å². The van der Waals surface area contributed by atoms with E-state index in [0.717, 1.165) is 18.5 Å². The van der Waals surface area contributed by atoms with Crippen LogP contribution in [0.3, 0.4) is 0 Å². The molecule has 8 nitrogen and oxygen atoms in total. The van der Waals surface area contributed by atoms with Gasteiger partial charge < -0.3 is 9.15 Å². The largest absolute Gasteiger partial charge is 0.463 e. The van der Waals surface area contributed by atoms with E-state index in [1.807, 2.05) is 6.92 Å². The molecule has 0 amide bonds. The molecule has 9 heteroatoms. The molecule has 25 heavy (non-hydrogen) atoms. The van der Waals surface area contributed by atoms with Crippen LogP contribution in [0.15, 0.2) is 21.4 Å². The molecule has 0 saturated heterocycles. The summed E-state index contributed by atoms with van der Waals surface area (Å²) in [4.78, 5) is 11.5. The summed E-state index contributed by atoms with van der Waals surface area (Å²) in [6.45, 7) is 5.86. The number of aryl methyl sites for hydroxylation is 1. The fraction of sp³-hybridized carbons (Fsp3) is 0.500. The lowest BCUT2D eigenvalue weighted by Gasteiger charge is -2.06. The van der Waals surface area contributed by atoms with E-state index in [1.54, 1.807) is 13.0 Å². The van der Waals surface area contributed by atoms with Crippen LogP contribution in [-0.4, -0.2) is 31.7 Å². The summed E-state index contributed by atoms with van der Waals surface area (Å²) in [7, 11) is -2.74. The van der Waals surface area contributed by atoms with Crippen molar-refractivity contribution in [1.82, 2.24) is 10.2 Å². The first-order valence-corrected chi connectivity index (χ1v) is 9.59. The smallest absolute Gasteiger partial charge is 0.373 e. The number of anilines is 1. The number of carbonyl (C=O) groups excluding carboxylic acids is 1. The van der Waals surface area contributed by atoms with E-state index in [2.05, 4.69) is 26.6 Å². The fourth-order valence-corrected chi connectivity index (χ4v) is 3.75. The van der Waals surface area contributed by atoms with Crippen LogP contribution < -0.4 is 4.72 Å². The molecular formula is C16H23N3O5S. The number of H-pyrrole nitrogens is 1. The van der Waals surface area contributed by atoms with Crippen molar-refractivity contribution in [2.45, 2.75) is 50.8 Å². The second-order valence-electron chi connectivity index (χ2n) is 5.75. The molecule has 0 aliphatic heterocycles. The van der Waals surface area contributed by atoms with Crippen molar-refractivity contribution in [2.24, 2.45) is 0 Å². The molecule has 0 radical (unpaired) electrons. The molecule has 2 aromatic heterocycles. The molecule has 0 fully saturated rings. The summed E-state index contributed by atoms with van der Waals surface area (Å²) in [5.74, 6) is -0.253. The maximum absolute atomic E-state index is 12.6. The van der Waals surface area contributed by atoms with Gasteiger partial charge in [-0.15, -0.1) is 0 Å². The third-order valence-corrected chi connectivity index (χ3v) is 5.26. The summed E-state index contributed by atoms with van der Waals surface area (Å²) in [6.07, 6.45) is 2.30. The van der Waals surface area contributed by atoms with Gasteiger partial charge in [-0.25, -0.2) is 13.2 Å². The molecule has 0 aliphatic carbocycles. The minimum Gasteiger partial charge on any atom is -0.463 e. The minimum atomic E-state index is -3.94. The van der Waals surface area contributed by atoms with Crippen LogP contribution in [0.1, 0.15) is 61.5 Å². The van der Waals surface area contributed by atoms with Gasteiger partial charge in [0.1, 0.15) is 10.7 Å². The first kappa shape index (κ1) is 19.0. The quantitative estimate of drug-likeness (QED) is 0.691. The van der Waals surface area contributed by atoms with Gasteiger partial charge in [0.15, 0.2) is 5.82 Å². The van der Waals surface area contributed by atoms with Crippen LogP contribution in [0.2, 0.25) is 0 Å². The zero-order chi connectivity index (χ0) is 18.6. The van der Waals surface area contributed by atoms with Gasteiger partial charge in [-0.2, -0.15) is 5.10 Å². The highest BCUT2D eigenvalue weighted by Crippen LogP contribution is 2.26. The lowest BCUT2D eigenvalue weighted by Crippen LogP contribution is -2.14. The Morgan fingerprint density at radius 1 is 1.40 bits per heavy atom. The second-order valence-corrected chi connectivity index (χ2v) is 7.40. The predicted octanol–water partition coefficient (Wildman–Crippen LogP) is 3.06. The number of aromatic nitrogens is 2. The first-order chi connectivity index (χ1) is 11.8. The van der Waals surface area contributed by atoms with E-state index in [-0.39, 0.29) is 28.2 Å². The maximum atomic E-state index is 12.6. The van der Waals surface area contributed by atoms with E-state index in [4.69, 9.17) is 4.42 Å². The lowest BCUT2D eigenvalue weighted by molar-refractivity contribution is 0.0563. The molecule has 2 rings (SSSR count). The van der Waals surface area contributed by atoms with Crippen LogP contribution in [0.4, 0.5) is 5.82 Å². The zero-order valence-corrected chi connectivity index (χ0v) is 15.6. The summed E-state index contributed by atoms with van der Waals surface area (Å²) in [5, 5.41) is 6.86. The summed E-state index contributed by atoms with van der Waals surface area (Å²) in [5.41, 5.74) is 0.859. The second kappa shape index (κ2) is 7.73.